The second-order valence-electron chi connectivity index (χ2n) is 3.17. The molecule has 0 unspecified atom stereocenters. The van der Waals surface area contributed by atoms with Crippen LogP contribution in [0.4, 0.5) is 0 Å². The summed E-state index contributed by atoms with van der Waals surface area (Å²) in [5, 5.41) is 4.20. The minimum absolute atomic E-state index is 0. The Morgan fingerprint density at radius 3 is 2.88 bits per heavy atom. The van der Waals surface area contributed by atoms with Gasteiger partial charge < -0.3 is 20.7 Å². The van der Waals surface area contributed by atoms with E-state index in [0.717, 1.165) is 0 Å². The Bertz CT molecular complexity index is 526. The van der Waals surface area contributed by atoms with Crippen molar-refractivity contribution in [2.75, 3.05) is 13.2 Å². The summed E-state index contributed by atoms with van der Waals surface area (Å²) in [5.74, 6) is -0.304. The first-order chi connectivity index (χ1) is 7.74. The number of benzene rings is 1. The fraction of sp³-hybridized carbons (Fsp3) is 0.200. The average Bonchev–Trinajstić information content (AvgIpc) is 2.69. The Morgan fingerprint density at radius 2 is 2.24 bits per heavy atom. The van der Waals surface area contributed by atoms with Gasteiger partial charge in [-0.25, -0.2) is 0 Å². The van der Waals surface area contributed by atoms with Gasteiger partial charge in [0.25, 0.3) is 5.88 Å². The predicted molar refractivity (Wildman–Crippen MR) is 64.3 cm³/mol. The van der Waals surface area contributed by atoms with Crippen molar-refractivity contribution in [3.05, 3.63) is 23.8 Å². The monoisotopic (exact) mass is 257 g/mol. The number of nitrogens with two attached hydrogens (primary N) is 2. The van der Waals surface area contributed by atoms with Gasteiger partial charge >= 0.3 is 0 Å². The second kappa shape index (κ2) is 5.51. The van der Waals surface area contributed by atoms with E-state index < -0.39 is 5.91 Å². The van der Waals surface area contributed by atoms with Gasteiger partial charge in [-0.05, 0) is 17.3 Å². The molecule has 0 fully saturated rings. The molecule has 0 aliphatic heterocycles. The van der Waals surface area contributed by atoms with Crippen molar-refractivity contribution in [1.29, 1.82) is 0 Å². The molecule has 7 heteroatoms. The van der Waals surface area contributed by atoms with E-state index in [4.69, 9.17) is 20.7 Å². The summed E-state index contributed by atoms with van der Waals surface area (Å²) >= 11 is 0. The van der Waals surface area contributed by atoms with Crippen LogP contribution < -0.4 is 16.2 Å². The van der Waals surface area contributed by atoms with Crippen molar-refractivity contribution in [3.8, 4) is 5.88 Å². The molecule has 17 heavy (non-hydrogen) atoms. The van der Waals surface area contributed by atoms with Gasteiger partial charge in [0.2, 0.25) is 5.91 Å². The zero-order chi connectivity index (χ0) is 11.5. The molecular formula is C10H12ClN3O3. The Balaban J connectivity index is 0.00000144. The number of hydrogen-bond donors (Lipinski definition) is 2. The highest BCUT2D eigenvalue weighted by Gasteiger charge is 2.16. The lowest BCUT2D eigenvalue weighted by Crippen LogP contribution is -2.13. The largest absolute Gasteiger partial charge is 0.474 e. The standard InChI is InChI=1S/C10H11N3O3.ClH/c11-4-5-15-10-8-6(9(12)14)2-1-3-7(8)16-13-10;/h1-3H,4-5,11H2,(H2,12,14);1H. The SMILES string of the molecule is Cl.NCCOc1noc2cccc(C(N)=O)c12. The molecule has 6 nitrogen and oxygen atoms in total. The lowest BCUT2D eigenvalue weighted by atomic mass is 10.1. The molecule has 0 spiro atoms. The number of amides is 1. The van der Waals surface area contributed by atoms with Crippen LogP contribution in [0.25, 0.3) is 11.0 Å². The third-order valence-corrected chi connectivity index (χ3v) is 2.09. The van der Waals surface area contributed by atoms with Gasteiger partial charge in [0.05, 0.1) is 10.9 Å². The lowest BCUT2D eigenvalue weighted by molar-refractivity contribution is 0.100. The van der Waals surface area contributed by atoms with E-state index >= 15 is 0 Å². The van der Waals surface area contributed by atoms with Crippen LogP contribution in [-0.4, -0.2) is 24.2 Å². The molecule has 0 saturated heterocycles. The molecule has 1 amide bonds. The Morgan fingerprint density at radius 1 is 1.47 bits per heavy atom. The van der Waals surface area contributed by atoms with Crippen LogP contribution in [0.5, 0.6) is 5.88 Å². The van der Waals surface area contributed by atoms with Gasteiger partial charge in [0.15, 0.2) is 5.58 Å². The summed E-state index contributed by atoms with van der Waals surface area (Å²) < 4.78 is 10.3. The topological polar surface area (TPSA) is 104 Å². The molecule has 1 aromatic carbocycles. The summed E-state index contributed by atoms with van der Waals surface area (Å²) in [4.78, 5) is 11.2. The van der Waals surface area contributed by atoms with Crippen LogP contribution in [0.3, 0.4) is 0 Å². The molecule has 1 heterocycles. The number of aromatic nitrogens is 1. The Kier molecular flexibility index (Phi) is 4.30. The number of ether oxygens (including phenoxy) is 1. The smallest absolute Gasteiger partial charge is 0.262 e. The highest BCUT2D eigenvalue weighted by atomic mass is 35.5. The lowest BCUT2D eigenvalue weighted by Gasteiger charge is -2.01. The Labute approximate surface area is 103 Å². The number of fused-ring (bicyclic) bond motifs is 1. The van der Waals surface area contributed by atoms with Gasteiger partial charge in [-0.2, -0.15) is 0 Å². The highest BCUT2D eigenvalue weighted by molar-refractivity contribution is 6.06. The number of halogens is 1. The van der Waals surface area contributed by atoms with Crippen molar-refractivity contribution in [1.82, 2.24) is 5.16 Å². The molecule has 0 bridgehead atoms. The molecule has 0 atom stereocenters. The molecule has 0 radical (unpaired) electrons. The highest BCUT2D eigenvalue weighted by Crippen LogP contribution is 2.27. The van der Waals surface area contributed by atoms with E-state index in [2.05, 4.69) is 5.16 Å². The number of carbonyl (C=O) groups excluding carboxylic acids is 1. The van der Waals surface area contributed by atoms with Crippen molar-refractivity contribution in [2.45, 2.75) is 0 Å². The third kappa shape index (κ3) is 2.48. The van der Waals surface area contributed by atoms with Gasteiger partial charge in [0, 0.05) is 6.54 Å². The van der Waals surface area contributed by atoms with E-state index in [9.17, 15) is 4.79 Å². The van der Waals surface area contributed by atoms with Crippen LogP contribution >= 0.6 is 12.4 Å². The molecule has 92 valence electrons. The summed E-state index contributed by atoms with van der Waals surface area (Å²) in [7, 11) is 0. The third-order valence-electron chi connectivity index (χ3n) is 2.09. The minimum atomic E-state index is -0.550. The molecule has 2 rings (SSSR count). The quantitative estimate of drug-likeness (QED) is 0.838. The summed E-state index contributed by atoms with van der Waals surface area (Å²) in [6.45, 7) is 0.655. The maximum absolute atomic E-state index is 11.2. The van der Waals surface area contributed by atoms with E-state index in [0.29, 0.717) is 29.7 Å². The van der Waals surface area contributed by atoms with E-state index in [1.807, 2.05) is 0 Å². The van der Waals surface area contributed by atoms with Crippen molar-refractivity contribution in [3.63, 3.8) is 0 Å². The number of nitrogens with zero attached hydrogens (tertiary/aromatic N) is 1. The first-order valence-electron chi connectivity index (χ1n) is 4.75. The fourth-order valence-corrected chi connectivity index (χ4v) is 1.42. The van der Waals surface area contributed by atoms with E-state index in [1.165, 1.54) is 0 Å². The number of primary amides is 1. The van der Waals surface area contributed by atoms with Crippen molar-refractivity contribution < 1.29 is 14.1 Å². The molecule has 1 aromatic heterocycles. The average molecular weight is 258 g/mol. The van der Waals surface area contributed by atoms with Crippen LogP contribution in [-0.2, 0) is 0 Å². The number of rotatable bonds is 4. The normalized spacial score (nSPS) is 9.94. The van der Waals surface area contributed by atoms with Crippen molar-refractivity contribution in [2.24, 2.45) is 11.5 Å². The minimum Gasteiger partial charge on any atom is -0.474 e. The first kappa shape index (κ1) is 13.3. The van der Waals surface area contributed by atoms with E-state index in [-0.39, 0.29) is 18.3 Å². The molecule has 0 aliphatic carbocycles. The predicted octanol–water partition coefficient (Wildman–Crippen LogP) is 0.686. The maximum Gasteiger partial charge on any atom is 0.262 e. The molecular weight excluding hydrogens is 246 g/mol. The molecule has 0 aliphatic rings. The van der Waals surface area contributed by atoms with E-state index in [1.54, 1.807) is 18.2 Å². The molecule has 2 aromatic rings. The zero-order valence-corrected chi connectivity index (χ0v) is 9.70. The first-order valence-corrected chi connectivity index (χ1v) is 4.75. The second-order valence-corrected chi connectivity index (χ2v) is 3.17. The van der Waals surface area contributed by atoms with Crippen molar-refractivity contribution >= 4 is 29.3 Å². The van der Waals surface area contributed by atoms with Gasteiger partial charge in [0.1, 0.15) is 6.61 Å². The number of carbonyl (C=O) groups is 1. The van der Waals surface area contributed by atoms with Crippen LogP contribution in [0, 0.1) is 0 Å². The molecule has 0 saturated carbocycles. The maximum atomic E-state index is 11.2. The zero-order valence-electron chi connectivity index (χ0n) is 8.88. The van der Waals surface area contributed by atoms with Gasteiger partial charge in [-0.3, -0.25) is 4.79 Å². The van der Waals surface area contributed by atoms with Crippen LogP contribution in [0.2, 0.25) is 0 Å². The van der Waals surface area contributed by atoms with Gasteiger partial charge in [-0.15, -0.1) is 12.4 Å². The Hall–Kier alpha value is -1.79. The van der Waals surface area contributed by atoms with Crippen LogP contribution in [0.15, 0.2) is 22.7 Å². The molecule has 4 N–H and O–H groups in total. The van der Waals surface area contributed by atoms with Gasteiger partial charge in [-0.1, -0.05) is 6.07 Å². The van der Waals surface area contributed by atoms with Crippen LogP contribution in [0.1, 0.15) is 10.4 Å². The summed E-state index contributed by atoms with van der Waals surface area (Å²) in [6.07, 6.45) is 0. The number of hydrogen-bond acceptors (Lipinski definition) is 5. The summed E-state index contributed by atoms with van der Waals surface area (Å²) in [6, 6.07) is 4.95. The summed E-state index contributed by atoms with van der Waals surface area (Å²) in [5.41, 5.74) is 11.3. The fourth-order valence-electron chi connectivity index (χ4n) is 1.42.